The third-order valence-electron chi connectivity index (χ3n) is 4.51. The summed E-state index contributed by atoms with van der Waals surface area (Å²) in [6.07, 6.45) is 0.534. The number of halogens is 3. The van der Waals surface area contributed by atoms with E-state index >= 15 is 0 Å². The molecule has 25 heavy (non-hydrogen) atoms. The van der Waals surface area contributed by atoms with Gasteiger partial charge in [0.25, 0.3) is 0 Å². The minimum absolute atomic E-state index is 0.0255. The largest absolute Gasteiger partial charge is 0.418 e. The SMILES string of the molecule is CC(=O)N(CCC(=O)Nc1ccccc1C(F)(F)F)C1CCCCC1. The van der Waals surface area contributed by atoms with Gasteiger partial charge in [-0.3, -0.25) is 9.59 Å². The Morgan fingerprint density at radius 1 is 1.16 bits per heavy atom. The van der Waals surface area contributed by atoms with Crippen LogP contribution in [0.5, 0.6) is 0 Å². The molecule has 0 unspecified atom stereocenters. The molecule has 2 amide bonds. The van der Waals surface area contributed by atoms with E-state index in [1.165, 1.54) is 25.1 Å². The summed E-state index contributed by atoms with van der Waals surface area (Å²) >= 11 is 0. The number of hydrogen-bond acceptors (Lipinski definition) is 2. The van der Waals surface area contributed by atoms with Gasteiger partial charge in [0.2, 0.25) is 11.8 Å². The van der Waals surface area contributed by atoms with Gasteiger partial charge in [0.1, 0.15) is 0 Å². The Kier molecular flexibility index (Phi) is 6.45. The first kappa shape index (κ1) is 19.3. The Labute approximate surface area is 145 Å². The average Bonchev–Trinajstić information content (AvgIpc) is 2.55. The third kappa shape index (κ3) is 5.47. The van der Waals surface area contributed by atoms with Crippen LogP contribution in [0, 0.1) is 0 Å². The lowest BCUT2D eigenvalue weighted by Gasteiger charge is -2.33. The lowest BCUT2D eigenvalue weighted by Crippen LogP contribution is -2.41. The molecule has 138 valence electrons. The predicted octanol–water partition coefficient (Wildman–Crippen LogP) is 4.22. The summed E-state index contributed by atoms with van der Waals surface area (Å²) in [6, 6.07) is 5.00. The Balaban J connectivity index is 1.97. The number of amides is 2. The average molecular weight is 356 g/mol. The fourth-order valence-electron chi connectivity index (χ4n) is 3.26. The monoisotopic (exact) mass is 356 g/mol. The normalized spacial score (nSPS) is 15.7. The maximum atomic E-state index is 13.0. The van der Waals surface area contributed by atoms with Crippen LogP contribution in [0.1, 0.15) is 51.0 Å². The Morgan fingerprint density at radius 3 is 2.40 bits per heavy atom. The van der Waals surface area contributed by atoms with Crippen LogP contribution in [0.25, 0.3) is 0 Å². The number of para-hydroxylation sites is 1. The number of nitrogens with zero attached hydrogens (tertiary/aromatic N) is 1. The maximum Gasteiger partial charge on any atom is 0.418 e. The van der Waals surface area contributed by atoms with Crippen molar-refractivity contribution in [2.24, 2.45) is 0 Å². The van der Waals surface area contributed by atoms with Crippen molar-refractivity contribution in [3.05, 3.63) is 29.8 Å². The molecule has 0 heterocycles. The molecule has 1 aromatic carbocycles. The van der Waals surface area contributed by atoms with Crippen molar-refractivity contribution in [1.29, 1.82) is 0 Å². The molecule has 1 aliphatic rings. The molecule has 1 fully saturated rings. The van der Waals surface area contributed by atoms with E-state index in [2.05, 4.69) is 5.32 Å². The molecule has 0 spiro atoms. The number of carbonyl (C=O) groups is 2. The zero-order valence-electron chi connectivity index (χ0n) is 14.2. The number of alkyl halides is 3. The van der Waals surface area contributed by atoms with Gasteiger partial charge in [-0.1, -0.05) is 31.4 Å². The first-order valence-corrected chi connectivity index (χ1v) is 8.52. The second-order valence-electron chi connectivity index (χ2n) is 6.35. The number of nitrogens with one attached hydrogen (secondary N) is 1. The summed E-state index contributed by atoms with van der Waals surface area (Å²) in [6.45, 7) is 1.69. The van der Waals surface area contributed by atoms with Crippen LogP contribution in [0.3, 0.4) is 0 Å². The minimum atomic E-state index is -4.53. The summed E-state index contributed by atoms with van der Waals surface area (Å²) in [5.74, 6) is -0.630. The quantitative estimate of drug-likeness (QED) is 0.859. The van der Waals surface area contributed by atoms with Gasteiger partial charge in [0, 0.05) is 25.9 Å². The molecule has 1 N–H and O–H groups in total. The van der Waals surface area contributed by atoms with Gasteiger partial charge in [-0.2, -0.15) is 13.2 Å². The third-order valence-corrected chi connectivity index (χ3v) is 4.51. The molecule has 2 rings (SSSR count). The van der Waals surface area contributed by atoms with Crippen molar-refractivity contribution >= 4 is 17.5 Å². The van der Waals surface area contributed by atoms with Crippen LogP contribution >= 0.6 is 0 Å². The summed E-state index contributed by atoms with van der Waals surface area (Å²) in [5.41, 5.74) is -1.13. The van der Waals surface area contributed by atoms with Gasteiger partial charge in [-0.25, -0.2) is 0 Å². The first-order valence-electron chi connectivity index (χ1n) is 8.52. The van der Waals surface area contributed by atoms with E-state index in [9.17, 15) is 22.8 Å². The predicted molar refractivity (Wildman–Crippen MR) is 89.0 cm³/mol. The second-order valence-corrected chi connectivity index (χ2v) is 6.35. The van der Waals surface area contributed by atoms with Crippen molar-refractivity contribution in [3.63, 3.8) is 0 Å². The number of carbonyl (C=O) groups excluding carboxylic acids is 2. The second kappa shape index (κ2) is 8.36. The lowest BCUT2D eigenvalue weighted by atomic mass is 9.94. The van der Waals surface area contributed by atoms with Crippen LogP contribution in [0.4, 0.5) is 18.9 Å². The maximum absolute atomic E-state index is 13.0. The molecule has 1 aliphatic carbocycles. The molecule has 0 atom stereocenters. The molecular weight excluding hydrogens is 333 g/mol. The summed E-state index contributed by atoms with van der Waals surface area (Å²) in [7, 11) is 0. The Morgan fingerprint density at radius 2 is 1.80 bits per heavy atom. The van der Waals surface area contributed by atoms with Crippen LogP contribution in [-0.2, 0) is 15.8 Å². The van der Waals surface area contributed by atoms with E-state index in [4.69, 9.17) is 0 Å². The highest BCUT2D eigenvalue weighted by Crippen LogP contribution is 2.34. The van der Waals surface area contributed by atoms with E-state index in [-0.39, 0.29) is 30.6 Å². The van der Waals surface area contributed by atoms with E-state index in [0.29, 0.717) is 0 Å². The van der Waals surface area contributed by atoms with Gasteiger partial charge >= 0.3 is 6.18 Å². The van der Waals surface area contributed by atoms with Crippen molar-refractivity contribution in [1.82, 2.24) is 4.90 Å². The molecule has 1 saturated carbocycles. The van der Waals surface area contributed by atoms with Gasteiger partial charge < -0.3 is 10.2 Å². The van der Waals surface area contributed by atoms with Crippen LogP contribution in [-0.4, -0.2) is 29.3 Å². The molecule has 0 radical (unpaired) electrons. The molecule has 4 nitrogen and oxygen atoms in total. The van der Waals surface area contributed by atoms with E-state index < -0.39 is 17.6 Å². The van der Waals surface area contributed by atoms with Gasteiger partial charge in [0.15, 0.2) is 0 Å². The number of anilines is 1. The zero-order chi connectivity index (χ0) is 18.4. The molecule has 7 heteroatoms. The fraction of sp³-hybridized carbons (Fsp3) is 0.556. The zero-order valence-corrected chi connectivity index (χ0v) is 14.2. The highest BCUT2D eigenvalue weighted by Gasteiger charge is 2.33. The standard InChI is InChI=1S/C18H23F3N2O2/c1-13(24)23(14-7-3-2-4-8-14)12-11-17(25)22-16-10-6-5-9-15(16)18(19,20)21/h5-6,9-10,14H,2-4,7-8,11-12H2,1H3,(H,22,25). The van der Waals surface area contributed by atoms with Crippen LogP contribution in [0.15, 0.2) is 24.3 Å². The highest BCUT2D eigenvalue weighted by atomic mass is 19.4. The molecule has 0 aliphatic heterocycles. The van der Waals surface area contributed by atoms with Crippen molar-refractivity contribution < 1.29 is 22.8 Å². The Hall–Kier alpha value is -2.05. The summed E-state index contributed by atoms with van der Waals surface area (Å²) in [4.78, 5) is 25.6. The minimum Gasteiger partial charge on any atom is -0.339 e. The molecule has 0 aromatic heterocycles. The van der Waals surface area contributed by atoms with Gasteiger partial charge in [0.05, 0.1) is 11.3 Å². The highest BCUT2D eigenvalue weighted by molar-refractivity contribution is 5.92. The van der Waals surface area contributed by atoms with Crippen molar-refractivity contribution in [2.45, 2.75) is 57.7 Å². The topological polar surface area (TPSA) is 49.4 Å². The molecule has 0 bridgehead atoms. The lowest BCUT2D eigenvalue weighted by molar-refractivity contribution is -0.137. The number of hydrogen-bond donors (Lipinski definition) is 1. The number of benzene rings is 1. The van der Waals surface area contributed by atoms with E-state index in [1.807, 2.05) is 0 Å². The van der Waals surface area contributed by atoms with Crippen molar-refractivity contribution in [2.75, 3.05) is 11.9 Å². The van der Waals surface area contributed by atoms with Gasteiger partial charge in [-0.15, -0.1) is 0 Å². The smallest absolute Gasteiger partial charge is 0.339 e. The van der Waals surface area contributed by atoms with E-state index in [0.717, 1.165) is 38.2 Å². The number of rotatable bonds is 5. The summed E-state index contributed by atoms with van der Waals surface area (Å²) < 4.78 is 38.9. The van der Waals surface area contributed by atoms with E-state index in [1.54, 1.807) is 4.90 Å². The molecule has 1 aromatic rings. The Bertz CT molecular complexity index is 611. The van der Waals surface area contributed by atoms with Crippen LogP contribution in [0.2, 0.25) is 0 Å². The first-order chi connectivity index (χ1) is 11.8. The summed E-state index contributed by atoms with van der Waals surface area (Å²) in [5, 5.41) is 2.32. The molecule has 0 saturated heterocycles. The molecular formula is C18H23F3N2O2. The van der Waals surface area contributed by atoms with Crippen LogP contribution < -0.4 is 5.32 Å². The fourth-order valence-corrected chi connectivity index (χ4v) is 3.26. The van der Waals surface area contributed by atoms with Gasteiger partial charge in [-0.05, 0) is 25.0 Å². The van der Waals surface area contributed by atoms with Crippen molar-refractivity contribution in [3.8, 4) is 0 Å².